The Morgan fingerprint density at radius 2 is 2.05 bits per heavy atom. The van der Waals surface area contributed by atoms with Crippen LogP contribution < -0.4 is 10.5 Å². The summed E-state index contributed by atoms with van der Waals surface area (Å²) in [6.07, 6.45) is 1.08. The molecule has 2 rings (SSSR count). The summed E-state index contributed by atoms with van der Waals surface area (Å²) < 4.78 is 52.3. The van der Waals surface area contributed by atoms with E-state index in [0.717, 1.165) is 12.3 Å². The molecule has 1 aromatic carbocycles. The molecule has 0 atom stereocenters. The fourth-order valence-electron chi connectivity index (χ4n) is 1.50. The van der Waals surface area contributed by atoms with Crippen LogP contribution in [0, 0.1) is 18.6 Å². The second-order valence-corrected chi connectivity index (χ2v) is 5.47. The first-order valence-corrected chi connectivity index (χ1v) is 6.57. The molecular formula is C10H10F2N4O2S. The lowest BCUT2D eigenvalue weighted by molar-refractivity contribution is 0.583. The van der Waals surface area contributed by atoms with Crippen LogP contribution in [0.25, 0.3) is 0 Å². The van der Waals surface area contributed by atoms with Gasteiger partial charge in [0.1, 0.15) is 16.4 Å². The molecule has 0 aliphatic heterocycles. The van der Waals surface area contributed by atoms with Gasteiger partial charge in [0.05, 0.1) is 17.6 Å². The lowest BCUT2D eigenvalue weighted by Crippen LogP contribution is -2.16. The molecule has 0 unspecified atom stereocenters. The van der Waals surface area contributed by atoms with Gasteiger partial charge in [0.2, 0.25) is 0 Å². The van der Waals surface area contributed by atoms with Crippen molar-refractivity contribution in [1.29, 1.82) is 0 Å². The van der Waals surface area contributed by atoms with Gasteiger partial charge in [-0.1, -0.05) is 0 Å². The summed E-state index contributed by atoms with van der Waals surface area (Å²) >= 11 is 0. The van der Waals surface area contributed by atoms with Crippen LogP contribution >= 0.6 is 0 Å². The molecule has 1 heterocycles. The molecule has 0 fully saturated rings. The Hall–Kier alpha value is -2.16. The second-order valence-electron chi connectivity index (χ2n) is 3.82. The highest BCUT2D eigenvalue weighted by atomic mass is 32.2. The second kappa shape index (κ2) is 4.50. The van der Waals surface area contributed by atoms with Gasteiger partial charge in [-0.15, -0.1) is 0 Å². The minimum absolute atomic E-state index is 0.143. The van der Waals surface area contributed by atoms with E-state index in [9.17, 15) is 17.2 Å². The summed E-state index contributed by atoms with van der Waals surface area (Å²) in [5.41, 5.74) is 4.83. The van der Waals surface area contributed by atoms with Crippen molar-refractivity contribution in [3.05, 3.63) is 35.7 Å². The number of halogens is 2. The Bertz CT molecular complexity index is 704. The van der Waals surface area contributed by atoms with E-state index in [-0.39, 0.29) is 16.3 Å². The van der Waals surface area contributed by atoms with E-state index in [0.29, 0.717) is 6.07 Å². The molecule has 0 radical (unpaired) electrons. The maximum Gasteiger partial charge on any atom is 0.265 e. The molecule has 4 N–H and O–H groups in total. The van der Waals surface area contributed by atoms with E-state index in [1.807, 2.05) is 4.72 Å². The van der Waals surface area contributed by atoms with E-state index < -0.39 is 27.3 Å². The minimum Gasteiger partial charge on any atom is -0.397 e. The number of anilines is 2. The third-order valence-corrected chi connectivity index (χ3v) is 3.86. The molecule has 19 heavy (non-hydrogen) atoms. The lowest BCUT2D eigenvalue weighted by Gasteiger charge is -2.10. The number of aromatic nitrogens is 2. The van der Waals surface area contributed by atoms with Gasteiger partial charge < -0.3 is 5.73 Å². The Kier molecular flexibility index (Phi) is 3.14. The molecule has 0 aliphatic rings. The van der Waals surface area contributed by atoms with Crippen molar-refractivity contribution in [3.63, 3.8) is 0 Å². The molecule has 102 valence electrons. The average molecular weight is 288 g/mol. The number of nitrogen functional groups attached to an aromatic ring is 1. The van der Waals surface area contributed by atoms with Crippen LogP contribution in [0.2, 0.25) is 0 Å². The van der Waals surface area contributed by atoms with E-state index in [1.165, 1.54) is 6.92 Å². The van der Waals surface area contributed by atoms with Gasteiger partial charge in [0.15, 0.2) is 5.82 Å². The highest BCUT2D eigenvalue weighted by Gasteiger charge is 2.22. The number of rotatable bonds is 3. The molecule has 9 heteroatoms. The number of hydrogen-bond donors (Lipinski definition) is 3. The van der Waals surface area contributed by atoms with Crippen LogP contribution in [0.3, 0.4) is 0 Å². The van der Waals surface area contributed by atoms with Crippen molar-refractivity contribution in [3.8, 4) is 0 Å². The van der Waals surface area contributed by atoms with Crippen molar-refractivity contribution in [2.75, 3.05) is 10.5 Å². The third-order valence-electron chi connectivity index (χ3n) is 2.40. The zero-order valence-electron chi connectivity index (χ0n) is 9.74. The molecule has 1 aromatic heterocycles. The van der Waals surface area contributed by atoms with Crippen molar-refractivity contribution < 1.29 is 17.2 Å². The molecule has 0 saturated heterocycles. The van der Waals surface area contributed by atoms with Gasteiger partial charge in [-0.25, -0.2) is 17.2 Å². The number of hydrogen-bond acceptors (Lipinski definition) is 4. The number of sulfonamides is 1. The van der Waals surface area contributed by atoms with Crippen LogP contribution in [0.15, 0.2) is 23.2 Å². The number of nitrogens with two attached hydrogens (primary N) is 1. The molecule has 0 amide bonds. The highest BCUT2D eigenvalue weighted by Crippen LogP contribution is 2.27. The maximum atomic E-state index is 13.5. The Balaban J connectivity index is 2.45. The molecule has 0 spiro atoms. The van der Waals surface area contributed by atoms with Gasteiger partial charge >= 0.3 is 0 Å². The van der Waals surface area contributed by atoms with Gasteiger partial charge in [-0.3, -0.25) is 9.82 Å². The normalized spacial score (nSPS) is 11.5. The monoisotopic (exact) mass is 288 g/mol. The first-order valence-electron chi connectivity index (χ1n) is 5.08. The Morgan fingerprint density at radius 3 is 2.58 bits per heavy atom. The Labute approximate surface area is 107 Å². The summed E-state index contributed by atoms with van der Waals surface area (Å²) in [4.78, 5) is -0.143. The van der Waals surface area contributed by atoms with Gasteiger partial charge in [-0.05, 0) is 13.0 Å². The van der Waals surface area contributed by atoms with E-state index in [4.69, 9.17) is 5.73 Å². The quantitative estimate of drug-likeness (QED) is 0.743. The summed E-state index contributed by atoms with van der Waals surface area (Å²) in [7, 11) is -4.04. The summed E-state index contributed by atoms with van der Waals surface area (Å²) in [6, 6.07) is 1.36. The third kappa shape index (κ3) is 2.50. The average Bonchev–Trinajstić information content (AvgIpc) is 2.70. The fourth-order valence-corrected chi connectivity index (χ4v) is 2.74. The zero-order valence-corrected chi connectivity index (χ0v) is 10.6. The van der Waals surface area contributed by atoms with Crippen molar-refractivity contribution in [2.24, 2.45) is 0 Å². The number of H-pyrrole nitrogens is 1. The number of benzene rings is 1. The van der Waals surface area contributed by atoms with E-state index in [2.05, 4.69) is 10.2 Å². The molecular weight excluding hydrogens is 278 g/mol. The van der Waals surface area contributed by atoms with Crippen LogP contribution in [-0.2, 0) is 10.0 Å². The molecule has 2 aromatic rings. The molecule has 0 aliphatic carbocycles. The van der Waals surface area contributed by atoms with Gasteiger partial charge in [0, 0.05) is 6.07 Å². The number of aryl methyl sites for hydroxylation is 1. The van der Waals surface area contributed by atoms with E-state index >= 15 is 0 Å². The smallest absolute Gasteiger partial charge is 0.265 e. The topological polar surface area (TPSA) is 101 Å². The van der Waals surface area contributed by atoms with Crippen molar-refractivity contribution in [1.82, 2.24) is 10.2 Å². The van der Waals surface area contributed by atoms with Gasteiger partial charge in [-0.2, -0.15) is 5.10 Å². The number of aromatic amines is 1. The van der Waals surface area contributed by atoms with E-state index in [1.54, 1.807) is 0 Å². The summed E-state index contributed by atoms with van der Waals surface area (Å²) in [5, 5.41) is 6.00. The van der Waals surface area contributed by atoms with Crippen LogP contribution in [-0.4, -0.2) is 18.6 Å². The standard InChI is InChI=1S/C10H10F2N4O2S/c1-5-9(4-14-15-5)19(17,18)16-10-7(12)2-6(11)3-8(10)13/h2-4,16H,13H2,1H3,(H,14,15). The molecule has 0 saturated carbocycles. The predicted molar refractivity (Wildman–Crippen MR) is 64.9 cm³/mol. The Morgan fingerprint density at radius 1 is 1.37 bits per heavy atom. The SMILES string of the molecule is Cc1[nH]ncc1S(=O)(=O)Nc1c(N)cc(F)cc1F. The largest absolute Gasteiger partial charge is 0.397 e. The maximum absolute atomic E-state index is 13.5. The zero-order chi connectivity index (χ0) is 14.2. The van der Waals surface area contributed by atoms with Crippen LogP contribution in [0.4, 0.5) is 20.2 Å². The predicted octanol–water partition coefficient (Wildman–Crippen LogP) is 1.38. The fraction of sp³-hybridized carbons (Fsp3) is 0.100. The highest BCUT2D eigenvalue weighted by molar-refractivity contribution is 7.92. The summed E-state index contributed by atoms with van der Waals surface area (Å²) in [6.45, 7) is 1.49. The number of nitrogens with one attached hydrogen (secondary N) is 2. The molecule has 6 nitrogen and oxygen atoms in total. The van der Waals surface area contributed by atoms with Crippen molar-refractivity contribution >= 4 is 21.4 Å². The number of nitrogens with zero attached hydrogens (tertiary/aromatic N) is 1. The van der Waals surface area contributed by atoms with Crippen LogP contribution in [0.1, 0.15) is 5.69 Å². The van der Waals surface area contributed by atoms with Crippen LogP contribution in [0.5, 0.6) is 0 Å². The minimum atomic E-state index is -4.04. The molecule has 0 bridgehead atoms. The van der Waals surface area contributed by atoms with Crippen molar-refractivity contribution in [2.45, 2.75) is 11.8 Å². The first-order chi connectivity index (χ1) is 8.81. The van der Waals surface area contributed by atoms with Gasteiger partial charge in [0.25, 0.3) is 10.0 Å². The lowest BCUT2D eigenvalue weighted by atomic mass is 10.2. The summed E-state index contributed by atoms with van der Waals surface area (Å²) in [5.74, 6) is -1.99. The first kappa shape index (κ1) is 13.3.